The third kappa shape index (κ3) is 37.8. The maximum atomic E-state index is 13.1. The summed E-state index contributed by atoms with van der Waals surface area (Å²) in [6.45, 7) is 6.48. The molecular formula is C48H95NO5. The minimum Gasteiger partial charge on any atom is -0.462 e. The van der Waals surface area contributed by atoms with E-state index in [9.17, 15) is 19.8 Å². The zero-order valence-electron chi connectivity index (χ0n) is 36.6. The van der Waals surface area contributed by atoms with E-state index < -0.39 is 18.2 Å². The average Bonchev–Trinajstić information content (AvgIpc) is 3.16. The second kappa shape index (κ2) is 43.0. The van der Waals surface area contributed by atoms with Gasteiger partial charge in [0.15, 0.2) is 0 Å². The van der Waals surface area contributed by atoms with E-state index >= 15 is 0 Å². The number of carbonyl (C=O) groups is 2. The molecule has 0 aliphatic rings. The zero-order chi connectivity index (χ0) is 39.6. The van der Waals surface area contributed by atoms with Crippen LogP contribution < -0.4 is 5.32 Å². The van der Waals surface area contributed by atoms with E-state index in [0.29, 0.717) is 19.3 Å². The van der Waals surface area contributed by atoms with Crippen molar-refractivity contribution in [3.05, 3.63) is 0 Å². The zero-order valence-corrected chi connectivity index (χ0v) is 36.6. The molecule has 0 aliphatic heterocycles. The highest BCUT2D eigenvalue weighted by atomic mass is 16.5. The van der Waals surface area contributed by atoms with E-state index in [1.54, 1.807) is 0 Å². The number of esters is 1. The number of aliphatic hydroxyl groups is 2. The molecule has 0 bridgehead atoms. The van der Waals surface area contributed by atoms with Crippen LogP contribution in [0.15, 0.2) is 0 Å². The Kier molecular flexibility index (Phi) is 42.1. The third-order valence-corrected chi connectivity index (χ3v) is 11.4. The van der Waals surface area contributed by atoms with Gasteiger partial charge in [0.25, 0.3) is 0 Å². The Balaban J connectivity index is 4.50. The molecule has 0 radical (unpaired) electrons. The van der Waals surface area contributed by atoms with Gasteiger partial charge < -0.3 is 20.3 Å². The highest BCUT2D eigenvalue weighted by molar-refractivity contribution is 5.77. The number of ether oxygens (including phenoxy) is 1. The van der Waals surface area contributed by atoms with Crippen LogP contribution in [0.4, 0.5) is 0 Å². The summed E-state index contributed by atoms with van der Waals surface area (Å²) in [5.74, 6) is -0.457. The summed E-state index contributed by atoms with van der Waals surface area (Å²) in [6.07, 6.45) is 44.4. The molecule has 1 amide bonds. The molecule has 6 heteroatoms. The fourth-order valence-electron chi connectivity index (χ4n) is 7.73. The Morgan fingerprint density at radius 1 is 0.463 bits per heavy atom. The van der Waals surface area contributed by atoms with Gasteiger partial charge in [-0.05, 0) is 25.7 Å². The molecule has 322 valence electrons. The molecule has 0 aromatic heterocycles. The van der Waals surface area contributed by atoms with Crippen LogP contribution in [0.1, 0.15) is 271 Å². The van der Waals surface area contributed by atoms with Gasteiger partial charge in [-0.15, -0.1) is 0 Å². The molecule has 6 nitrogen and oxygen atoms in total. The Morgan fingerprint density at radius 2 is 0.778 bits per heavy atom. The highest BCUT2D eigenvalue weighted by Gasteiger charge is 2.24. The maximum Gasteiger partial charge on any atom is 0.306 e. The number of hydrogen-bond donors (Lipinski definition) is 3. The summed E-state index contributed by atoms with van der Waals surface area (Å²) in [6, 6.07) is -0.690. The van der Waals surface area contributed by atoms with Crippen LogP contribution in [0.5, 0.6) is 0 Å². The van der Waals surface area contributed by atoms with Crippen LogP contribution in [-0.4, -0.2) is 46.9 Å². The van der Waals surface area contributed by atoms with E-state index in [1.807, 2.05) is 0 Å². The van der Waals surface area contributed by atoms with Crippen molar-refractivity contribution in [2.24, 2.45) is 0 Å². The molecule has 0 aromatic rings. The average molecular weight is 766 g/mol. The molecule has 0 spiro atoms. The van der Waals surface area contributed by atoms with Gasteiger partial charge >= 0.3 is 5.97 Å². The van der Waals surface area contributed by atoms with Gasteiger partial charge in [-0.3, -0.25) is 9.59 Å². The van der Waals surface area contributed by atoms with Crippen LogP contribution in [0.25, 0.3) is 0 Å². The summed E-state index contributed by atoms with van der Waals surface area (Å²) in [5, 5.41) is 23.7. The third-order valence-electron chi connectivity index (χ3n) is 11.4. The van der Waals surface area contributed by atoms with Crippen LogP contribution >= 0.6 is 0 Å². The predicted octanol–water partition coefficient (Wildman–Crippen LogP) is 14.0. The first-order valence-corrected chi connectivity index (χ1v) is 24.3. The number of amides is 1. The van der Waals surface area contributed by atoms with E-state index in [4.69, 9.17) is 4.74 Å². The topological polar surface area (TPSA) is 95.9 Å². The monoisotopic (exact) mass is 766 g/mol. The first kappa shape index (κ1) is 52.9. The molecule has 0 aromatic carbocycles. The number of nitrogens with one attached hydrogen (secondary N) is 1. The highest BCUT2D eigenvalue weighted by Crippen LogP contribution is 2.18. The predicted molar refractivity (Wildman–Crippen MR) is 232 cm³/mol. The van der Waals surface area contributed by atoms with Crippen molar-refractivity contribution >= 4 is 11.9 Å². The summed E-state index contributed by atoms with van der Waals surface area (Å²) < 4.78 is 5.91. The smallest absolute Gasteiger partial charge is 0.306 e. The first-order valence-electron chi connectivity index (χ1n) is 24.3. The number of unbranched alkanes of at least 4 members (excludes halogenated alkanes) is 32. The molecule has 0 aliphatic carbocycles. The van der Waals surface area contributed by atoms with Crippen molar-refractivity contribution in [2.75, 3.05) is 6.61 Å². The fraction of sp³-hybridized carbons (Fsp3) is 0.958. The molecule has 3 atom stereocenters. The lowest BCUT2D eigenvalue weighted by molar-refractivity contribution is -0.151. The molecular weight excluding hydrogens is 671 g/mol. The van der Waals surface area contributed by atoms with Crippen molar-refractivity contribution in [2.45, 2.75) is 289 Å². The standard InChI is InChI=1S/C48H95NO5/c1-4-7-10-13-16-19-22-23-26-28-31-34-37-40-46(51)45(43-50)49-47(52)42-44(39-36-33-30-27-24-20-17-14-11-8-5-2)54-48(53)41-38-35-32-29-25-21-18-15-12-9-6-3/h44-46,50-51H,4-43H2,1-3H3,(H,49,52). The van der Waals surface area contributed by atoms with Gasteiger partial charge in [0.05, 0.1) is 25.2 Å². The van der Waals surface area contributed by atoms with E-state index in [1.165, 1.54) is 180 Å². The first-order chi connectivity index (χ1) is 26.5. The molecule has 54 heavy (non-hydrogen) atoms. The Bertz CT molecular complexity index is 776. The summed E-state index contributed by atoms with van der Waals surface area (Å²) in [7, 11) is 0. The Labute approximate surface area is 336 Å². The number of carbonyl (C=O) groups excluding carboxylic acids is 2. The second-order valence-corrected chi connectivity index (χ2v) is 16.9. The van der Waals surface area contributed by atoms with Gasteiger partial charge in [-0.2, -0.15) is 0 Å². The molecule has 0 saturated heterocycles. The molecule has 3 N–H and O–H groups in total. The number of hydrogen-bond acceptors (Lipinski definition) is 5. The van der Waals surface area contributed by atoms with Crippen molar-refractivity contribution in [1.82, 2.24) is 5.32 Å². The quantitative estimate of drug-likeness (QED) is 0.0424. The Morgan fingerprint density at radius 3 is 1.13 bits per heavy atom. The Hall–Kier alpha value is -1.14. The normalized spacial score (nSPS) is 13.2. The molecule has 0 heterocycles. The maximum absolute atomic E-state index is 13.1. The van der Waals surface area contributed by atoms with E-state index in [-0.39, 0.29) is 24.9 Å². The van der Waals surface area contributed by atoms with Crippen LogP contribution in [0.2, 0.25) is 0 Å². The van der Waals surface area contributed by atoms with Gasteiger partial charge in [0.2, 0.25) is 5.91 Å². The van der Waals surface area contributed by atoms with Crippen molar-refractivity contribution in [3.8, 4) is 0 Å². The minimum absolute atomic E-state index is 0.0870. The lowest BCUT2D eigenvalue weighted by Gasteiger charge is -2.24. The lowest BCUT2D eigenvalue weighted by atomic mass is 10.0. The van der Waals surface area contributed by atoms with Gasteiger partial charge in [0.1, 0.15) is 6.10 Å². The molecule has 3 unspecified atom stereocenters. The summed E-state index contributed by atoms with van der Waals surface area (Å²) in [4.78, 5) is 26.0. The SMILES string of the molecule is CCCCCCCCCCCCCCCC(O)C(CO)NC(=O)CC(CCCCCCCCCCCCC)OC(=O)CCCCCCCCCCCCC. The van der Waals surface area contributed by atoms with Gasteiger partial charge in [0, 0.05) is 6.42 Å². The van der Waals surface area contributed by atoms with Crippen LogP contribution in [0.3, 0.4) is 0 Å². The molecule has 0 saturated carbocycles. The van der Waals surface area contributed by atoms with E-state index in [0.717, 1.165) is 44.9 Å². The molecule has 0 fully saturated rings. The van der Waals surface area contributed by atoms with Gasteiger partial charge in [-0.25, -0.2) is 0 Å². The number of aliphatic hydroxyl groups excluding tert-OH is 2. The van der Waals surface area contributed by atoms with Crippen molar-refractivity contribution in [3.63, 3.8) is 0 Å². The van der Waals surface area contributed by atoms with Crippen LogP contribution in [0, 0.1) is 0 Å². The molecule has 0 rings (SSSR count). The van der Waals surface area contributed by atoms with Gasteiger partial charge in [-0.1, -0.05) is 233 Å². The number of rotatable bonds is 44. The fourth-order valence-corrected chi connectivity index (χ4v) is 7.73. The van der Waals surface area contributed by atoms with Crippen molar-refractivity contribution in [1.29, 1.82) is 0 Å². The second-order valence-electron chi connectivity index (χ2n) is 16.9. The minimum atomic E-state index is -0.777. The van der Waals surface area contributed by atoms with E-state index in [2.05, 4.69) is 26.1 Å². The van der Waals surface area contributed by atoms with Crippen LogP contribution in [-0.2, 0) is 14.3 Å². The lowest BCUT2D eigenvalue weighted by Crippen LogP contribution is -2.46. The van der Waals surface area contributed by atoms with Crippen molar-refractivity contribution < 1.29 is 24.5 Å². The largest absolute Gasteiger partial charge is 0.462 e. The summed E-state index contributed by atoms with van der Waals surface area (Å²) in [5.41, 5.74) is 0. The summed E-state index contributed by atoms with van der Waals surface area (Å²) >= 11 is 0.